The minimum absolute atomic E-state index is 0.589. The molecule has 1 heterocycles. The fraction of sp³-hybridized carbons (Fsp3) is 0.927. The zero-order valence-corrected chi connectivity index (χ0v) is 30.3. The maximum Gasteiger partial charge on any atom is 0.111 e. The van der Waals surface area contributed by atoms with Crippen LogP contribution in [0, 0.1) is 0 Å². The van der Waals surface area contributed by atoms with E-state index in [1.54, 1.807) is 0 Å². The summed E-state index contributed by atoms with van der Waals surface area (Å²) in [6.07, 6.45) is 49.8. The number of unbranched alkanes of at least 4 members (excludes halogenated alkanes) is 26. The molecule has 254 valence electrons. The molecule has 0 aliphatic rings. The summed E-state index contributed by atoms with van der Waals surface area (Å²) in [4.78, 5) is 4.92. The Balaban J connectivity index is 2.10. The highest BCUT2D eigenvalue weighted by molar-refractivity contribution is 5.02. The first-order valence-electron chi connectivity index (χ1n) is 20.3. The minimum atomic E-state index is 0.589. The van der Waals surface area contributed by atoms with Crippen molar-refractivity contribution in [1.29, 1.82) is 0 Å². The molecule has 43 heavy (non-hydrogen) atoms. The van der Waals surface area contributed by atoms with Crippen molar-refractivity contribution in [3.05, 3.63) is 18.2 Å². The zero-order chi connectivity index (χ0) is 31.1. The zero-order valence-electron chi connectivity index (χ0n) is 30.3. The van der Waals surface area contributed by atoms with Crippen LogP contribution in [0.4, 0.5) is 0 Å². The molecule has 1 aromatic heterocycles. The number of rotatable bonds is 34. The highest BCUT2D eigenvalue weighted by Crippen LogP contribution is 2.30. The average Bonchev–Trinajstić information content (AvgIpc) is 3.51. The van der Waals surface area contributed by atoms with Crippen molar-refractivity contribution in [2.75, 3.05) is 0 Å². The molecule has 0 aromatic carbocycles. The molecule has 0 fully saturated rings. The molecule has 0 saturated carbocycles. The van der Waals surface area contributed by atoms with E-state index in [0.29, 0.717) is 12.0 Å². The molecule has 0 saturated heterocycles. The van der Waals surface area contributed by atoms with Gasteiger partial charge in [-0.3, -0.25) is 0 Å². The summed E-state index contributed by atoms with van der Waals surface area (Å²) in [6, 6.07) is 0.589. The molecular formula is C41H80N2. The Bertz CT molecular complexity index is 664. The van der Waals surface area contributed by atoms with Crippen molar-refractivity contribution in [3.63, 3.8) is 0 Å². The first-order valence-corrected chi connectivity index (χ1v) is 20.3. The van der Waals surface area contributed by atoms with Crippen molar-refractivity contribution < 1.29 is 0 Å². The van der Waals surface area contributed by atoms with Gasteiger partial charge in [-0.15, -0.1) is 0 Å². The first kappa shape index (κ1) is 40.2. The summed E-state index contributed by atoms with van der Waals surface area (Å²) in [5.74, 6) is 2.03. The van der Waals surface area contributed by atoms with Gasteiger partial charge in [0.15, 0.2) is 0 Å². The van der Waals surface area contributed by atoms with Crippen molar-refractivity contribution in [2.45, 2.75) is 245 Å². The fourth-order valence-electron chi connectivity index (χ4n) is 7.12. The second-order valence-electron chi connectivity index (χ2n) is 14.3. The van der Waals surface area contributed by atoms with E-state index in [1.807, 2.05) is 0 Å². The van der Waals surface area contributed by atoms with Gasteiger partial charge >= 0.3 is 0 Å². The van der Waals surface area contributed by atoms with Gasteiger partial charge in [0.05, 0.1) is 0 Å². The topological polar surface area (TPSA) is 17.8 Å². The lowest BCUT2D eigenvalue weighted by Gasteiger charge is -2.22. The molecule has 0 N–H and O–H groups in total. The Morgan fingerprint density at radius 1 is 0.442 bits per heavy atom. The number of imidazole rings is 1. The third-order valence-electron chi connectivity index (χ3n) is 10.1. The fourth-order valence-corrected chi connectivity index (χ4v) is 7.12. The number of hydrogen-bond acceptors (Lipinski definition) is 1. The Morgan fingerprint density at radius 2 is 0.791 bits per heavy atom. The molecule has 0 aliphatic carbocycles. The predicted molar refractivity (Wildman–Crippen MR) is 194 cm³/mol. The van der Waals surface area contributed by atoms with Gasteiger partial charge in [-0.2, -0.15) is 0 Å². The lowest BCUT2D eigenvalue weighted by molar-refractivity contribution is 0.419. The predicted octanol–water partition coefficient (Wildman–Crippen LogP) is 15.1. The van der Waals surface area contributed by atoms with Crippen LogP contribution in [0.5, 0.6) is 0 Å². The molecule has 0 radical (unpaired) electrons. The van der Waals surface area contributed by atoms with Gasteiger partial charge < -0.3 is 4.57 Å². The maximum absolute atomic E-state index is 4.92. The molecule has 0 bridgehead atoms. The van der Waals surface area contributed by atoms with E-state index in [-0.39, 0.29) is 0 Å². The molecule has 2 atom stereocenters. The molecule has 2 unspecified atom stereocenters. The summed E-state index contributed by atoms with van der Waals surface area (Å²) < 4.78 is 2.55. The third kappa shape index (κ3) is 23.2. The second-order valence-corrected chi connectivity index (χ2v) is 14.3. The van der Waals surface area contributed by atoms with E-state index in [9.17, 15) is 0 Å². The van der Waals surface area contributed by atoms with Gasteiger partial charge in [-0.1, -0.05) is 207 Å². The molecule has 2 heteroatoms. The summed E-state index contributed by atoms with van der Waals surface area (Å²) in [6.45, 7) is 9.40. The van der Waals surface area contributed by atoms with Gasteiger partial charge in [0.2, 0.25) is 0 Å². The number of nitrogens with zero attached hydrogens (tertiary/aromatic N) is 2. The molecule has 1 aromatic rings. The van der Waals surface area contributed by atoms with Crippen molar-refractivity contribution in [1.82, 2.24) is 9.55 Å². The molecule has 0 amide bonds. The minimum Gasteiger partial charge on any atom is -0.332 e. The lowest BCUT2D eigenvalue weighted by atomic mass is 9.94. The highest BCUT2D eigenvalue weighted by Gasteiger charge is 2.18. The molecule has 1 rings (SSSR count). The van der Waals surface area contributed by atoms with Crippen LogP contribution in [0.15, 0.2) is 12.4 Å². The number of hydrogen-bond donors (Lipinski definition) is 0. The Kier molecular flexibility index (Phi) is 29.2. The Morgan fingerprint density at radius 3 is 1.16 bits per heavy atom. The quantitative estimate of drug-likeness (QED) is 0.0719. The van der Waals surface area contributed by atoms with E-state index in [4.69, 9.17) is 4.98 Å². The van der Waals surface area contributed by atoms with E-state index in [0.717, 1.165) is 0 Å². The van der Waals surface area contributed by atoms with Crippen LogP contribution in [-0.4, -0.2) is 9.55 Å². The Hall–Kier alpha value is -0.790. The van der Waals surface area contributed by atoms with Gasteiger partial charge in [0.1, 0.15) is 5.82 Å². The maximum atomic E-state index is 4.92. The Labute approximate surface area is 272 Å². The summed E-state index contributed by atoms with van der Waals surface area (Å²) in [5, 5.41) is 0. The lowest BCUT2D eigenvalue weighted by Crippen LogP contribution is -2.13. The second kappa shape index (κ2) is 31.2. The third-order valence-corrected chi connectivity index (χ3v) is 10.1. The van der Waals surface area contributed by atoms with Gasteiger partial charge in [-0.25, -0.2) is 4.98 Å². The van der Waals surface area contributed by atoms with Crippen LogP contribution in [0.25, 0.3) is 0 Å². The molecule has 0 aliphatic heterocycles. The van der Waals surface area contributed by atoms with E-state index < -0.39 is 0 Å². The van der Waals surface area contributed by atoms with Crippen LogP contribution < -0.4 is 0 Å². The van der Waals surface area contributed by atoms with Crippen molar-refractivity contribution in [2.24, 2.45) is 0 Å². The summed E-state index contributed by atoms with van der Waals surface area (Å²) >= 11 is 0. The molecule has 2 nitrogen and oxygen atoms in total. The van der Waals surface area contributed by atoms with E-state index >= 15 is 0 Å². The van der Waals surface area contributed by atoms with E-state index in [2.05, 4.69) is 44.7 Å². The normalized spacial score (nSPS) is 13.1. The van der Waals surface area contributed by atoms with Crippen molar-refractivity contribution in [3.8, 4) is 0 Å². The van der Waals surface area contributed by atoms with Gasteiger partial charge in [0.25, 0.3) is 0 Å². The number of aromatic nitrogens is 2. The van der Waals surface area contributed by atoms with Crippen LogP contribution in [-0.2, 0) is 0 Å². The largest absolute Gasteiger partial charge is 0.332 e. The monoisotopic (exact) mass is 601 g/mol. The standard InChI is InChI=1S/C41H80N2/c1-5-8-10-12-14-16-18-20-21-22-23-25-27-29-31-33-36-40(34-7-3)41-42-37-38-43(41)39(4)35-32-30-28-26-24-19-17-15-13-11-9-6-2/h37-40H,5-36H2,1-4H3. The summed E-state index contributed by atoms with van der Waals surface area (Å²) in [7, 11) is 0. The van der Waals surface area contributed by atoms with Crippen LogP contribution >= 0.6 is 0 Å². The SMILES string of the molecule is CCCCCCCCCCCCCCCCCCC(CCC)c1nccn1C(C)CCCCCCCCCCCCCC. The smallest absolute Gasteiger partial charge is 0.111 e. The van der Waals surface area contributed by atoms with Gasteiger partial charge in [-0.05, 0) is 26.2 Å². The van der Waals surface area contributed by atoms with Gasteiger partial charge in [0, 0.05) is 24.4 Å². The van der Waals surface area contributed by atoms with Crippen LogP contribution in [0.2, 0.25) is 0 Å². The molecular weight excluding hydrogens is 520 g/mol. The summed E-state index contributed by atoms with van der Waals surface area (Å²) in [5.41, 5.74) is 0. The van der Waals surface area contributed by atoms with Crippen LogP contribution in [0.3, 0.4) is 0 Å². The molecule has 0 spiro atoms. The van der Waals surface area contributed by atoms with Crippen molar-refractivity contribution >= 4 is 0 Å². The highest BCUT2D eigenvalue weighted by atomic mass is 15.1. The van der Waals surface area contributed by atoms with Crippen LogP contribution in [0.1, 0.15) is 251 Å². The first-order chi connectivity index (χ1) is 21.2. The average molecular weight is 601 g/mol. The van der Waals surface area contributed by atoms with E-state index in [1.165, 1.54) is 211 Å².